The van der Waals surface area contributed by atoms with Crippen molar-refractivity contribution in [2.45, 2.75) is 44.3 Å². The third-order valence-corrected chi connectivity index (χ3v) is 5.69. The lowest BCUT2D eigenvalue weighted by atomic mass is 9.88. The number of rotatable bonds is 3. The summed E-state index contributed by atoms with van der Waals surface area (Å²) >= 11 is 5.86. The molecule has 3 amide bonds. The van der Waals surface area contributed by atoms with Crippen molar-refractivity contribution in [2.75, 3.05) is 6.54 Å². The van der Waals surface area contributed by atoms with Gasteiger partial charge in [-0.1, -0.05) is 11.6 Å². The lowest BCUT2D eigenvalue weighted by Crippen LogP contribution is -2.55. The molecule has 30 heavy (non-hydrogen) atoms. The van der Waals surface area contributed by atoms with Crippen LogP contribution in [-0.2, 0) is 6.54 Å². The van der Waals surface area contributed by atoms with Crippen molar-refractivity contribution in [1.82, 2.24) is 20.0 Å². The summed E-state index contributed by atoms with van der Waals surface area (Å²) in [7, 11) is 0. The van der Waals surface area contributed by atoms with Gasteiger partial charge in [-0.25, -0.2) is 18.0 Å². The number of benzene rings is 1. The highest BCUT2D eigenvalue weighted by molar-refractivity contribution is 6.31. The minimum Gasteiger partial charge on any atom is -0.365 e. The molecule has 1 saturated carbocycles. The summed E-state index contributed by atoms with van der Waals surface area (Å²) in [5.74, 6) is -4.10. The zero-order chi connectivity index (χ0) is 21.8. The molecule has 2 heterocycles. The van der Waals surface area contributed by atoms with E-state index in [9.17, 15) is 22.8 Å². The lowest BCUT2D eigenvalue weighted by molar-refractivity contribution is -0.0904. The summed E-state index contributed by atoms with van der Waals surface area (Å²) in [4.78, 5) is 26.2. The molecule has 1 aromatic heterocycles. The smallest absolute Gasteiger partial charge is 0.318 e. The predicted molar refractivity (Wildman–Crippen MR) is 103 cm³/mol. The number of halogens is 4. The molecule has 160 valence electrons. The van der Waals surface area contributed by atoms with Crippen molar-refractivity contribution >= 4 is 23.5 Å². The number of primary amides is 1. The Hall–Kier alpha value is -2.75. The molecule has 11 heteroatoms. The Morgan fingerprint density at radius 1 is 1.33 bits per heavy atom. The first-order valence-corrected chi connectivity index (χ1v) is 9.73. The van der Waals surface area contributed by atoms with E-state index in [0.717, 1.165) is 0 Å². The van der Waals surface area contributed by atoms with E-state index in [1.54, 1.807) is 11.6 Å². The van der Waals surface area contributed by atoms with Crippen molar-refractivity contribution in [3.63, 3.8) is 0 Å². The molecule has 1 aliphatic heterocycles. The fraction of sp³-hybridized carbons (Fsp3) is 0.421. The lowest BCUT2D eigenvalue weighted by Gasteiger charge is -2.38. The second kappa shape index (κ2) is 7.19. The Morgan fingerprint density at radius 2 is 2.03 bits per heavy atom. The van der Waals surface area contributed by atoms with Crippen LogP contribution in [0.25, 0.3) is 11.3 Å². The van der Waals surface area contributed by atoms with Crippen LogP contribution in [0.15, 0.2) is 18.2 Å². The van der Waals surface area contributed by atoms with E-state index in [1.165, 1.54) is 23.1 Å². The fourth-order valence-electron chi connectivity index (χ4n) is 3.92. The number of urea groups is 1. The van der Waals surface area contributed by atoms with Crippen molar-refractivity contribution in [1.29, 1.82) is 0 Å². The van der Waals surface area contributed by atoms with E-state index in [-0.39, 0.29) is 48.3 Å². The second-order valence-corrected chi connectivity index (χ2v) is 8.16. The van der Waals surface area contributed by atoms with Crippen LogP contribution in [0.5, 0.6) is 0 Å². The molecule has 0 bridgehead atoms. The number of nitrogens with one attached hydrogen (secondary N) is 1. The number of hydrogen-bond donors (Lipinski definition) is 2. The van der Waals surface area contributed by atoms with Gasteiger partial charge in [-0.3, -0.25) is 9.48 Å². The van der Waals surface area contributed by atoms with Crippen molar-refractivity contribution in [2.24, 2.45) is 5.73 Å². The van der Waals surface area contributed by atoms with Crippen molar-refractivity contribution in [3.05, 3.63) is 40.3 Å². The monoisotopic (exact) mass is 441 g/mol. The molecule has 3 N–H and O–H groups in total. The average Bonchev–Trinajstić information content (AvgIpc) is 3.02. The Balaban J connectivity index is 1.64. The van der Waals surface area contributed by atoms with E-state index < -0.39 is 29.7 Å². The van der Waals surface area contributed by atoms with Crippen LogP contribution in [0.4, 0.5) is 18.0 Å². The second-order valence-electron chi connectivity index (χ2n) is 7.75. The highest BCUT2D eigenvalue weighted by Crippen LogP contribution is 2.38. The predicted octanol–water partition coefficient (Wildman–Crippen LogP) is 3.33. The van der Waals surface area contributed by atoms with Crippen LogP contribution in [-0.4, -0.2) is 45.1 Å². The fourth-order valence-corrected chi connectivity index (χ4v) is 4.10. The number of hydrogen-bond acceptors (Lipinski definition) is 3. The first kappa shape index (κ1) is 20.5. The first-order valence-electron chi connectivity index (χ1n) is 9.35. The topological polar surface area (TPSA) is 93.2 Å². The maximum atomic E-state index is 13.5. The van der Waals surface area contributed by atoms with Crippen LogP contribution >= 0.6 is 11.6 Å². The van der Waals surface area contributed by atoms with Gasteiger partial charge in [0.2, 0.25) is 0 Å². The minimum absolute atomic E-state index is 0.0273. The van der Waals surface area contributed by atoms with Gasteiger partial charge >= 0.3 is 6.03 Å². The molecule has 7 nitrogen and oxygen atoms in total. The molecular weight excluding hydrogens is 423 g/mol. The zero-order valence-electron chi connectivity index (χ0n) is 16.0. The zero-order valence-corrected chi connectivity index (χ0v) is 16.7. The van der Waals surface area contributed by atoms with Crippen LogP contribution in [0.3, 0.4) is 0 Å². The molecule has 0 saturated heterocycles. The Morgan fingerprint density at radius 3 is 2.63 bits per heavy atom. The summed E-state index contributed by atoms with van der Waals surface area (Å²) in [6.07, 6.45) is -0.774. The van der Waals surface area contributed by atoms with E-state index in [0.29, 0.717) is 11.3 Å². The van der Waals surface area contributed by atoms with Crippen LogP contribution in [0.1, 0.15) is 41.9 Å². The molecule has 2 aromatic rings. The number of nitrogens with two attached hydrogens (primary N) is 1. The third-order valence-electron chi connectivity index (χ3n) is 5.40. The van der Waals surface area contributed by atoms with Crippen LogP contribution in [0, 0.1) is 5.82 Å². The molecule has 1 atom stereocenters. The molecule has 2 aliphatic rings. The standard InChI is InChI=1S/C19H19ClF3N5O2/c1-9-7-27(18(30)25-11-5-19(22,23)6-11)8-14-15(17(24)29)16(26-28(9)14)10-2-3-13(21)12(20)4-10/h2-4,9,11H,5-8H2,1H3,(H2,24,29)(H,25,30). The van der Waals surface area contributed by atoms with Crippen molar-refractivity contribution < 1.29 is 22.8 Å². The van der Waals surface area contributed by atoms with Crippen LogP contribution in [0.2, 0.25) is 5.02 Å². The number of carbonyl (C=O) groups is 2. The maximum absolute atomic E-state index is 13.5. The number of amides is 3. The van der Waals surface area contributed by atoms with Gasteiger partial charge in [0.25, 0.3) is 11.8 Å². The minimum atomic E-state index is -2.74. The Kier molecular flexibility index (Phi) is 4.92. The number of fused-ring (bicyclic) bond motifs is 1. The molecule has 0 spiro atoms. The van der Waals surface area contributed by atoms with Crippen LogP contribution < -0.4 is 11.1 Å². The molecule has 0 radical (unpaired) electrons. The molecule has 1 aromatic carbocycles. The highest BCUT2D eigenvalue weighted by Gasteiger charge is 2.46. The molecule has 1 fully saturated rings. The van der Waals surface area contributed by atoms with Gasteiger partial charge in [-0.05, 0) is 25.1 Å². The van der Waals surface area contributed by atoms with E-state index in [4.69, 9.17) is 17.3 Å². The van der Waals surface area contributed by atoms with E-state index >= 15 is 0 Å². The summed E-state index contributed by atoms with van der Waals surface area (Å²) in [5, 5.41) is 6.94. The molecule has 1 unspecified atom stereocenters. The van der Waals surface area contributed by atoms with Gasteiger partial charge in [0, 0.05) is 31.0 Å². The SMILES string of the molecule is CC1CN(C(=O)NC2CC(F)(F)C2)Cc2c(C(N)=O)c(-c3ccc(F)c(Cl)c3)nn21. The summed E-state index contributed by atoms with van der Waals surface area (Å²) in [6.45, 7) is 2.10. The molecule has 4 rings (SSSR count). The third kappa shape index (κ3) is 3.60. The quantitative estimate of drug-likeness (QED) is 0.765. The maximum Gasteiger partial charge on any atom is 0.318 e. The summed E-state index contributed by atoms with van der Waals surface area (Å²) < 4.78 is 41.2. The van der Waals surface area contributed by atoms with Gasteiger partial charge in [0.05, 0.1) is 28.9 Å². The average molecular weight is 442 g/mol. The van der Waals surface area contributed by atoms with Gasteiger partial charge < -0.3 is 16.0 Å². The molecular formula is C19H19ClF3N5O2. The van der Waals surface area contributed by atoms with E-state index in [2.05, 4.69) is 10.4 Å². The Bertz CT molecular complexity index is 1030. The number of aromatic nitrogens is 2. The van der Waals surface area contributed by atoms with E-state index in [1.807, 2.05) is 0 Å². The summed E-state index contributed by atoms with van der Waals surface area (Å²) in [6, 6.07) is 2.58. The van der Waals surface area contributed by atoms with Gasteiger partial charge in [0.1, 0.15) is 11.5 Å². The first-order chi connectivity index (χ1) is 14.1. The van der Waals surface area contributed by atoms with Gasteiger partial charge in [-0.15, -0.1) is 0 Å². The highest BCUT2D eigenvalue weighted by atomic mass is 35.5. The normalized spacial score (nSPS) is 20.4. The number of alkyl halides is 2. The Labute approximate surface area is 175 Å². The number of carbonyl (C=O) groups excluding carboxylic acids is 2. The largest absolute Gasteiger partial charge is 0.365 e. The van der Waals surface area contributed by atoms with Crippen molar-refractivity contribution in [3.8, 4) is 11.3 Å². The van der Waals surface area contributed by atoms with Gasteiger partial charge in [-0.2, -0.15) is 5.10 Å². The number of nitrogens with zero attached hydrogens (tertiary/aromatic N) is 3. The molecule has 1 aliphatic carbocycles. The summed E-state index contributed by atoms with van der Waals surface area (Å²) in [5.41, 5.74) is 6.78. The van der Waals surface area contributed by atoms with Gasteiger partial charge in [0.15, 0.2) is 0 Å².